The number of rotatable bonds is 11. The Bertz CT molecular complexity index is 573. The molecule has 0 saturated heterocycles. The van der Waals surface area contributed by atoms with Gasteiger partial charge in [-0.05, 0) is 49.7 Å². The summed E-state index contributed by atoms with van der Waals surface area (Å²) < 4.78 is 44.6. The summed E-state index contributed by atoms with van der Waals surface area (Å²) >= 11 is 0. The van der Waals surface area contributed by atoms with Crippen molar-refractivity contribution in [2.24, 2.45) is 0 Å². The SMILES string of the molecule is CCCCCCCCCO[C@H]1CC[C@H](c2ccc(C=C(F)F)c(F)c2)CC1. The summed E-state index contributed by atoms with van der Waals surface area (Å²) in [6.45, 7) is 3.08. The minimum atomic E-state index is -1.87. The summed E-state index contributed by atoms with van der Waals surface area (Å²) in [5.74, 6) is -0.274. The van der Waals surface area contributed by atoms with Crippen molar-refractivity contribution in [2.45, 2.75) is 89.6 Å². The topological polar surface area (TPSA) is 9.23 Å². The maximum Gasteiger partial charge on any atom is 0.271 e. The van der Waals surface area contributed by atoms with Gasteiger partial charge in [0.05, 0.1) is 6.10 Å². The van der Waals surface area contributed by atoms with Gasteiger partial charge in [-0.1, -0.05) is 57.6 Å². The van der Waals surface area contributed by atoms with Crippen molar-refractivity contribution < 1.29 is 17.9 Å². The molecule has 0 N–H and O–H groups in total. The summed E-state index contributed by atoms with van der Waals surface area (Å²) in [7, 11) is 0. The smallest absolute Gasteiger partial charge is 0.271 e. The van der Waals surface area contributed by atoms with E-state index < -0.39 is 11.9 Å². The Morgan fingerprint density at radius 1 is 1.00 bits per heavy atom. The highest BCUT2D eigenvalue weighted by atomic mass is 19.3. The zero-order chi connectivity index (χ0) is 19.5. The van der Waals surface area contributed by atoms with Crippen LogP contribution < -0.4 is 0 Å². The van der Waals surface area contributed by atoms with Crippen molar-refractivity contribution in [1.82, 2.24) is 0 Å². The van der Waals surface area contributed by atoms with Gasteiger partial charge >= 0.3 is 0 Å². The van der Waals surface area contributed by atoms with Crippen molar-refractivity contribution in [3.8, 4) is 0 Å². The monoisotopic (exact) mass is 382 g/mol. The highest BCUT2D eigenvalue weighted by Gasteiger charge is 2.23. The molecule has 0 bridgehead atoms. The normalized spacial score (nSPS) is 19.9. The van der Waals surface area contributed by atoms with Gasteiger partial charge in [0, 0.05) is 18.2 Å². The fourth-order valence-corrected chi connectivity index (χ4v) is 3.90. The van der Waals surface area contributed by atoms with Gasteiger partial charge in [0.25, 0.3) is 6.08 Å². The molecule has 0 spiro atoms. The van der Waals surface area contributed by atoms with Gasteiger partial charge in [0.1, 0.15) is 5.82 Å². The molecule has 1 nitrogen and oxygen atoms in total. The Morgan fingerprint density at radius 3 is 2.30 bits per heavy atom. The van der Waals surface area contributed by atoms with Crippen LogP contribution >= 0.6 is 0 Å². The van der Waals surface area contributed by atoms with Crippen LogP contribution in [0.1, 0.15) is 94.6 Å². The molecular formula is C23H33F3O. The minimum absolute atomic E-state index is 0.0505. The van der Waals surface area contributed by atoms with E-state index >= 15 is 0 Å². The summed E-state index contributed by atoms with van der Waals surface area (Å²) in [6, 6.07) is 4.65. The first kappa shape index (κ1) is 22.0. The molecular weight excluding hydrogens is 349 g/mol. The average molecular weight is 383 g/mol. The lowest BCUT2D eigenvalue weighted by molar-refractivity contribution is 0.0226. The molecule has 1 aromatic rings. The van der Waals surface area contributed by atoms with Gasteiger partial charge in [-0.15, -0.1) is 0 Å². The van der Waals surface area contributed by atoms with Crippen molar-refractivity contribution in [3.63, 3.8) is 0 Å². The Labute approximate surface area is 162 Å². The predicted molar refractivity (Wildman–Crippen MR) is 106 cm³/mol. The van der Waals surface area contributed by atoms with E-state index in [4.69, 9.17) is 4.74 Å². The fourth-order valence-electron chi connectivity index (χ4n) is 3.90. The first-order valence-electron chi connectivity index (χ1n) is 10.5. The molecule has 0 aliphatic heterocycles. The molecule has 0 radical (unpaired) electrons. The van der Waals surface area contributed by atoms with Crippen molar-refractivity contribution in [2.75, 3.05) is 6.61 Å². The molecule has 1 fully saturated rings. The van der Waals surface area contributed by atoms with Crippen LogP contribution in [0, 0.1) is 5.82 Å². The van der Waals surface area contributed by atoms with Crippen LogP contribution in [-0.2, 0) is 4.74 Å². The predicted octanol–water partition coefficient (Wildman–Crippen LogP) is 7.86. The van der Waals surface area contributed by atoms with Crippen LogP contribution in [0.2, 0.25) is 0 Å². The third-order valence-corrected chi connectivity index (χ3v) is 5.54. The molecule has 1 aromatic carbocycles. The zero-order valence-corrected chi connectivity index (χ0v) is 16.5. The summed E-state index contributed by atoms with van der Waals surface area (Å²) in [6.07, 6.45) is 11.9. The van der Waals surface area contributed by atoms with Crippen LogP contribution in [0.5, 0.6) is 0 Å². The van der Waals surface area contributed by atoms with Crippen LogP contribution in [0.4, 0.5) is 13.2 Å². The second-order valence-electron chi connectivity index (χ2n) is 7.68. The van der Waals surface area contributed by atoms with E-state index in [-0.39, 0.29) is 5.56 Å². The average Bonchev–Trinajstić information content (AvgIpc) is 2.66. The quantitative estimate of drug-likeness (QED) is 0.354. The Balaban J connectivity index is 1.65. The van der Waals surface area contributed by atoms with Crippen molar-refractivity contribution >= 4 is 6.08 Å². The third kappa shape index (κ3) is 8.08. The number of ether oxygens (including phenoxy) is 1. The molecule has 1 aliphatic carbocycles. The van der Waals surface area contributed by atoms with E-state index in [1.807, 2.05) is 0 Å². The molecule has 2 rings (SSSR count). The van der Waals surface area contributed by atoms with Gasteiger partial charge in [-0.25, -0.2) is 4.39 Å². The number of hydrogen-bond donors (Lipinski definition) is 0. The Hall–Kier alpha value is -1.29. The van der Waals surface area contributed by atoms with Crippen LogP contribution in [0.25, 0.3) is 6.08 Å². The summed E-state index contributed by atoms with van der Waals surface area (Å²) in [5.41, 5.74) is 0.861. The standard InChI is InChI=1S/C23H33F3O/c1-2-3-4-5-6-7-8-15-27-21-13-11-18(12-14-21)19-9-10-20(17-23(25)26)22(24)16-19/h9-10,16-18,21H,2-8,11-15H2,1H3/t18-,21-. The van der Waals surface area contributed by atoms with E-state index in [1.165, 1.54) is 50.7 Å². The van der Waals surface area contributed by atoms with E-state index in [0.29, 0.717) is 18.1 Å². The molecule has 4 heteroatoms. The van der Waals surface area contributed by atoms with Crippen LogP contribution in [0.3, 0.4) is 0 Å². The van der Waals surface area contributed by atoms with Crippen molar-refractivity contribution in [1.29, 1.82) is 0 Å². The van der Waals surface area contributed by atoms with E-state index in [1.54, 1.807) is 6.07 Å². The van der Waals surface area contributed by atoms with Gasteiger partial charge in [0.2, 0.25) is 0 Å². The third-order valence-electron chi connectivity index (χ3n) is 5.54. The van der Waals surface area contributed by atoms with Crippen LogP contribution in [-0.4, -0.2) is 12.7 Å². The molecule has 152 valence electrons. The molecule has 0 aromatic heterocycles. The summed E-state index contributed by atoms with van der Waals surface area (Å²) in [4.78, 5) is 0. The lowest BCUT2D eigenvalue weighted by atomic mass is 9.82. The van der Waals surface area contributed by atoms with Gasteiger partial charge in [0.15, 0.2) is 0 Å². The highest BCUT2D eigenvalue weighted by molar-refractivity contribution is 5.51. The fraction of sp³-hybridized carbons (Fsp3) is 0.652. The Morgan fingerprint density at radius 2 is 1.67 bits per heavy atom. The molecule has 0 amide bonds. The van der Waals surface area contributed by atoms with Crippen LogP contribution in [0.15, 0.2) is 24.3 Å². The Kier molecular flexibility index (Phi) is 9.96. The maximum absolute atomic E-state index is 14.0. The lowest BCUT2D eigenvalue weighted by Crippen LogP contribution is -2.21. The van der Waals surface area contributed by atoms with Gasteiger partial charge < -0.3 is 4.74 Å². The minimum Gasteiger partial charge on any atom is -0.378 e. The second-order valence-corrected chi connectivity index (χ2v) is 7.68. The number of unbranched alkanes of at least 4 members (excludes halogenated alkanes) is 6. The molecule has 0 heterocycles. The van der Waals surface area contributed by atoms with E-state index in [0.717, 1.165) is 44.3 Å². The molecule has 1 aliphatic rings. The van der Waals surface area contributed by atoms with E-state index in [9.17, 15) is 13.2 Å². The molecule has 0 atom stereocenters. The first-order valence-corrected chi connectivity index (χ1v) is 10.5. The highest BCUT2D eigenvalue weighted by Crippen LogP contribution is 2.35. The van der Waals surface area contributed by atoms with Gasteiger partial charge in [-0.2, -0.15) is 8.78 Å². The molecule has 27 heavy (non-hydrogen) atoms. The lowest BCUT2D eigenvalue weighted by Gasteiger charge is -2.29. The second kappa shape index (κ2) is 12.2. The van der Waals surface area contributed by atoms with Crippen molar-refractivity contribution in [3.05, 3.63) is 41.2 Å². The first-order chi connectivity index (χ1) is 13.1. The number of halogens is 3. The zero-order valence-electron chi connectivity index (χ0n) is 16.5. The molecule has 0 unspecified atom stereocenters. The number of hydrogen-bond acceptors (Lipinski definition) is 1. The summed E-state index contributed by atoms with van der Waals surface area (Å²) in [5, 5.41) is 0. The van der Waals surface area contributed by atoms with Gasteiger partial charge in [-0.3, -0.25) is 0 Å². The maximum atomic E-state index is 14.0. The molecule has 1 saturated carbocycles. The number of benzene rings is 1. The largest absolute Gasteiger partial charge is 0.378 e. The van der Waals surface area contributed by atoms with E-state index in [2.05, 4.69) is 6.92 Å².